The average molecular weight is 253 g/mol. The third-order valence-electron chi connectivity index (χ3n) is 3.24. The summed E-state index contributed by atoms with van der Waals surface area (Å²) >= 11 is 0. The van der Waals surface area contributed by atoms with Crippen LogP contribution in [0.3, 0.4) is 0 Å². The number of carbonyl (C=O) groups is 1. The van der Waals surface area contributed by atoms with Crippen molar-refractivity contribution in [1.29, 1.82) is 0 Å². The number of hydrogen-bond donors (Lipinski definition) is 1. The largest absolute Gasteiger partial charge is 0.491 e. The van der Waals surface area contributed by atoms with Gasteiger partial charge in [-0.2, -0.15) is 0 Å². The summed E-state index contributed by atoms with van der Waals surface area (Å²) in [7, 11) is 0. The van der Waals surface area contributed by atoms with Crippen LogP contribution in [0.4, 0.5) is 0 Å². The molecule has 2 aromatic rings. The Bertz CT molecular complexity index is 580. The van der Waals surface area contributed by atoms with Crippen LogP contribution in [0.2, 0.25) is 0 Å². The monoisotopic (exact) mass is 253 g/mol. The van der Waals surface area contributed by atoms with Crippen LogP contribution >= 0.6 is 0 Å². The lowest BCUT2D eigenvalue weighted by Gasteiger charge is -2.11. The summed E-state index contributed by atoms with van der Waals surface area (Å²) in [5.74, 6) is 0.893. The lowest BCUT2D eigenvalue weighted by Crippen LogP contribution is -2.30. The van der Waals surface area contributed by atoms with Crippen molar-refractivity contribution in [2.24, 2.45) is 0 Å². The molecule has 0 spiro atoms. The molecule has 1 N–H and O–H groups in total. The van der Waals surface area contributed by atoms with Gasteiger partial charge in [0, 0.05) is 5.56 Å². The summed E-state index contributed by atoms with van der Waals surface area (Å²) in [6, 6.07) is 17.5. The Morgan fingerprint density at radius 2 is 1.84 bits per heavy atom. The van der Waals surface area contributed by atoms with Gasteiger partial charge in [0.2, 0.25) is 5.91 Å². The number of rotatable bonds is 3. The third-order valence-corrected chi connectivity index (χ3v) is 3.24. The maximum Gasteiger partial charge on any atom is 0.225 e. The third kappa shape index (κ3) is 2.60. The molecule has 0 aliphatic carbocycles. The number of amides is 1. The van der Waals surface area contributed by atoms with Gasteiger partial charge >= 0.3 is 0 Å². The van der Waals surface area contributed by atoms with E-state index in [0.29, 0.717) is 13.0 Å². The van der Waals surface area contributed by atoms with Crippen LogP contribution in [0.15, 0.2) is 54.6 Å². The molecule has 1 heterocycles. The molecule has 0 saturated carbocycles. The second-order valence-electron chi connectivity index (χ2n) is 4.63. The van der Waals surface area contributed by atoms with Crippen LogP contribution in [0, 0.1) is 0 Å². The van der Waals surface area contributed by atoms with Gasteiger partial charge in [0.1, 0.15) is 12.4 Å². The normalized spacial score (nSPS) is 16.5. The highest BCUT2D eigenvalue weighted by Crippen LogP contribution is 2.31. The molecular formula is C16H15NO2. The van der Waals surface area contributed by atoms with E-state index in [1.165, 1.54) is 0 Å². The van der Waals surface area contributed by atoms with Crippen molar-refractivity contribution in [2.75, 3.05) is 6.61 Å². The predicted octanol–water partition coefficient (Wildman–Crippen LogP) is 2.48. The Balaban J connectivity index is 1.65. The number of ether oxygens (including phenoxy) is 1. The van der Waals surface area contributed by atoms with Gasteiger partial charge in [-0.3, -0.25) is 4.79 Å². The molecule has 1 aliphatic heterocycles. The maximum absolute atomic E-state index is 12.0. The van der Waals surface area contributed by atoms with Crippen LogP contribution in [0.5, 0.6) is 5.75 Å². The van der Waals surface area contributed by atoms with E-state index in [4.69, 9.17) is 4.74 Å². The number of fused-ring (bicyclic) bond motifs is 1. The Labute approximate surface area is 112 Å². The number of nitrogens with one attached hydrogen (secondary N) is 1. The van der Waals surface area contributed by atoms with Gasteiger partial charge in [-0.25, -0.2) is 0 Å². The predicted molar refractivity (Wildman–Crippen MR) is 73.0 cm³/mol. The average Bonchev–Trinajstić information content (AvgIpc) is 2.83. The topological polar surface area (TPSA) is 38.3 Å². The number of hydrogen-bond acceptors (Lipinski definition) is 2. The van der Waals surface area contributed by atoms with Crippen molar-refractivity contribution in [3.05, 3.63) is 65.7 Å². The van der Waals surface area contributed by atoms with Gasteiger partial charge in [0.25, 0.3) is 0 Å². The fourth-order valence-electron chi connectivity index (χ4n) is 2.31. The standard InChI is InChI=1S/C16H15NO2/c18-16(10-12-6-2-1-3-7-12)17-14-11-19-15-9-5-4-8-13(14)15/h1-9,14H,10-11H2,(H,17,18). The first-order chi connectivity index (χ1) is 9.33. The molecule has 1 unspecified atom stereocenters. The smallest absolute Gasteiger partial charge is 0.225 e. The molecule has 19 heavy (non-hydrogen) atoms. The van der Waals surface area contributed by atoms with E-state index in [2.05, 4.69) is 5.32 Å². The summed E-state index contributed by atoms with van der Waals surface area (Å²) < 4.78 is 5.55. The van der Waals surface area contributed by atoms with Crippen molar-refractivity contribution < 1.29 is 9.53 Å². The second-order valence-corrected chi connectivity index (χ2v) is 4.63. The van der Waals surface area contributed by atoms with Crippen LogP contribution in [-0.4, -0.2) is 12.5 Å². The highest BCUT2D eigenvalue weighted by molar-refractivity contribution is 5.79. The van der Waals surface area contributed by atoms with E-state index in [0.717, 1.165) is 16.9 Å². The molecule has 1 aliphatic rings. The van der Waals surface area contributed by atoms with Gasteiger partial charge < -0.3 is 10.1 Å². The second kappa shape index (κ2) is 5.14. The zero-order chi connectivity index (χ0) is 13.1. The summed E-state index contributed by atoms with van der Waals surface area (Å²) in [6.45, 7) is 0.514. The van der Waals surface area contributed by atoms with Crippen molar-refractivity contribution in [1.82, 2.24) is 5.32 Å². The van der Waals surface area contributed by atoms with E-state index < -0.39 is 0 Å². The summed E-state index contributed by atoms with van der Waals surface area (Å²) in [4.78, 5) is 12.0. The van der Waals surface area contributed by atoms with Crippen molar-refractivity contribution >= 4 is 5.91 Å². The van der Waals surface area contributed by atoms with Gasteiger partial charge in [0.05, 0.1) is 12.5 Å². The van der Waals surface area contributed by atoms with E-state index in [-0.39, 0.29) is 11.9 Å². The zero-order valence-corrected chi connectivity index (χ0v) is 10.5. The fourth-order valence-corrected chi connectivity index (χ4v) is 2.31. The first kappa shape index (κ1) is 11.8. The van der Waals surface area contributed by atoms with Crippen molar-refractivity contribution in [3.8, 4) is 5.75 Å². The molecule has 2 aromatic carbocycles. The highest BCUT2D eigenvalue weighted by atomic mass is 16.5. The molecule has 3 nitrogen and oxygen atoms in total. The quantitative estimate of drug-likeness (QED) is 0.912. The molecule has 0 fully saturated rings. The molecule has 96 valence electrons. The van der Waals surface area contributed by atoms with E-state index in [9.17, 15) is 4.79 Å². The highest BCUT2D eigenvalue weighted by Gasteiger charge is 2.24. The summed E-state index contributed by atoms with van der Waals surface area (Å²) in [5.41, 5.74) is 2.08. The fraction of sp³-hybridized carbons (Fsp3) is 0.188. The van der Waals surface area contributed by atoms with Crippen molar-refractivity contribution in [2.45, 2.75) is 12.5 Å². The molecular weight excluding hydrogens is 238 g/mol. The number of benzene rings is 2. The molecule has 0 aromatic heterocycles. The van der Waals surface area contributed by atoms with Crippen LogP contribution in [-0.2, 0) is 11.2 Å². The number of carbonyl (C=O) groups excluding carboxylic acids is 1. The lowest BCUT2D eigenvalue weighted by molar-refractivity contribution is -0.121. The lowest BCUT2D eigenvalue weighted by atomic mass is 10.1. The molecule has 1 atom stereocenters. The Morgan fingerprint density at radius 1 is 1.11 bits per heavy atom. The number of para-hydroxylation sites is 1. The van der Waals surface area contributed by atoms with Crippen molar-refractivity contribution in [3.63, 3.8) is 0 Å². The summed E-state index contributed by atoms with van der Waals surface area (Å²) in [6.07, 6.45) is 0.402. The van der Waals surface area contributed by atoms with Gasteiger partial charge in [0.15, 0.2) is 0 Å². The Kier molecular flexibility index (Phi) is 3.19. The SMILES string of the molecule is O=C(Cc1ccccc1)NC1COc2ccccc21. The minimum Gasteiger partial charge on any atom is -0.491 e. The molecule has 0 bridgehead atoms. The van der Waals surface area contributed by atoms with Gasteiger partial charge in [-0.1, -0.05) is 48.5 Å². The summed E-state index contributed by atoms with van der Waals surface area (Å²) in [5, 5.41) is 3.02. The Morgan fingerprint density at radius 3 is 2.68 bits per heavy atom. The van der Waals surface area contributed by atoms with Gasteiger partial charge in [-0.05, 0) is 11.6 Å². The van der Waals surface area contributed by atoms with Crippen LogP contribution in [0.1, 0.15) is 17.2 Å². The molecule has 0 radical (unpaired) electrons. The van der Waals surface area contributed by atoms with Gasteiger partial charge in [-0.15, -0.1) is 0 Å². The van der Waals surface area contributed by atoms with E-state index in [1.807, 2.05) is 54.6 Å². The Hall–Kier alpha value is -2.29. The van der Waals surface area contributed by atoms with Crippen LogP contribution in [0.25, 0.3) is 0 Å². The molecule has 1 amide bonds. The minimum absolute atomic E-state index is 0.0245. The molecule has 0 saturated heterocycles. The first-order valence-corrected chi connectivity index (χ1v) is 6.38. The first-order valence-electron chi connectivity index (χ1n) is 6.38. The van der Waals surface area contributed by atoms with E-state index in [1.54, 1.807) is 0 Å². The van der Waals surface area contributed by atoms with E-state index >= 15 is 0 Å². The minimum atomic E-state index is -0.0348. The zero-order valence-electron chi connectivity index (χ0n) is 10.5. The molecule has 3 rings (SSSR count). The maximum atomic E-state index is 12.0. The molecule has 3 heteroatoms. The van der Waals surface area contributed by atoms with Crippen LogP contribution < -0.4 is 10.1 Å².